The van der Waals surface area contributed by atoms with Gasteiger partial charge in [-0.05, 0) is 31.7 Å². The van der Waals surface area contributed by atoms with Crippen LogP contribution in [0.4, 0.5) is 5.95 Å². The Morgan fingerprint density at radius 1 is 1.50 bits per heavy atom. The summed E-state index contributed by atoms with van der Waals surface area (Å²) < 4.78 is 7.30. The van der Waals surface area contributed by atoms with Crippen LogP contribution in [-0.4, -0.2) is 29.8 Å². The Kier molecular flexibility index (Phi) is 5.61. The highest BCUT2D eigenvalue weighted by molar-refractivity contribution is 7.09. The van der Waals surface area contributed by atoms with E-state index < -0.39 is 0 Å². The van der Waals surface area contributed by atoms with Crippen LogP contribution in [0.25, 0.3) is 0 Å². The van der Waals surface area contributed by atoms with E-state index in [2.05, 4.69) is 45.5 Å². The van der Waals surface area contributed by atoms with Crippen LogP contribution >= 0.6 is 11.3 Å². The second-order valence-electron chi connectivity index (χ2n) is 5.02. The highest BCUT2D eigenvalue weighted by Gasteiger charge is 2.12. The van der Waals surface area contributed by atoms with E-state index in [1.54, 1.807) is 7.11 Å². The first kappa shape index (κ1) is 15.1. The lowest BCUT2D eigenvalue weighted by Gasteiger charge is -2.16. The van der Waals surface area contributed by atoms with Gasteiger partial charge in [-0.1, -0.05) is 6.07 Å². The molecular formula is C15H23N3OS. The van der Waals surface area contributed by atoms with Crippen LogP contribution < -0.4 is 5.32 Å². The maximum absolute atomic E-state index is 5.07. The zero-order valence-corrected chi connectivity index (χ0v) is 13.2. The third kappa shape index (κ3) is 4.08. The van der Waals surface area contributed by atoms with Crippen LogP contribution in [0.1, 0.15) is 30.0 Å². The maximum Gasteiger partial charge on any atom is 0.203 e. The summed E-state index contributed by atoms with van der Waals surface area (Å²) >= 11 is 1.81. The van der Waals surface area contributed by atoms with Crippen molar-refractivity contribution >= 4 is 17.3 Å². The van der Waals surface area contributed by atoms with Gasteiger partial charge in [-0.3, -0.25) is 0 Å². The van der Waals surface area contributed by atoms with E-state index in [0.29, 0.717) is 6.04 Å². The first-order valence-corrected chi connectivity index (χ1v) is 7.89. The first-order valence-electron chi connectivity index (χ1n) is 7.01. The Balaban J connectivity index is 1.98. The molecule has 110 valence electrons. The third-order valence-corrected chi connectivity index (χ3v) is 4.11. The summed E-state index contributed by atoms with van der Waals surface area (Å²) in [4.78, 5) is 5.98. The van der Waals surface area contributed by atoms with Gasteiger partial charge < -0.3 is 14.6 Å². The molecule has 2 rings (SSSR count). The average Bonchev–Trinajstić information content (AvgIpc) is 3.04. The molecule has 2 heterocycles. The standard InChI is InChI=1S/C15H23N3OS/c1-12-11-18(13(2)10-14-6-4-9-20-14)15(17-12)16-7-5-8-19-3/h4,6,9,11,13H,5,7-8,10H2,1-3H3,(H,16,17). The molecular weight excluding hydrogens is 270 g/mol. The minimum Gasteiger partial charge on any atom is -0.385 e. The molecule has 1 atom stereocenters. The van der Waals surface area contributed by atoms with Gasteiger partial charge in [-0.2, -0.15) is 0 Å². The molecule has 0 aromatic carbocycles. The van der Waals surface area contributed by atoms with Gasteiger partial charge in [0.15, 0.2) is 0 Å². The number of hydrogen-bond acceptors (Lipinski definition) is 4. The minimum absolute atomic E-state index is 0.403. The predicted octanol–water partition coefficient (Wildman–Crippen LogP) is 3.51. The number of anilines is 1. The Bertz CT molecular complexity index is 507. The van der Waals surface area contributed by atoms with Crippen LogP contribution in [0.5, 0.6) is 0 Å². The fraction of sp³-hybridized carbons (Fsp3) is 0.533. The van der Waals surface area contributed by atoms with Gasteiger partial charge in [0.2, 0.25) is 5.95 Å². The van der Waals surface area contributed by atoms with Crippen molar-refractivity contribution in [3.8, 4) is 0 Å². The van der Waals surface area contributed by atoms with Gasteiger partial charge in [0.1, 0.15) is 0 Å². The predicted molar refractivity (Wildman–Crippen MR) is 84.7 cm³/mol. The SMILES string of the molecule is COCCCNc1nc(C)cn1C(C)Cc1cccs1. The Labute approximate surface area is 124 Å². The minimum atomic E-state index is 0.403. The molecule has 0 aliphatic heterocycles. The lowest BCUT2D eigenvalue weighted by Crippen LogP contribution is -2.14. The molecule has 2 aromatic heterocycles. The van der Waals surface area contributed by atoms with Crippen LogP contribution in [0.2, 0.25) is 0 Å². The smallest absolute Gasteiger partial charge is 0.203 e. The van der Waals surface area contributed by atoms with Gasteiger partial charge in [0.05, 0.1) is 5.69 Å². The zero-order chi connectivity index (χ0) is 14.4. The van der Waals surface area contributed by atoms with Gasteiger partial charge in [-0.15, -0.1) is 11.3 Å². The maximum atomic E-state index is 5.07. The molecule has 20 heavy (non-hydrogen) atoms. The molecule has 1 N–H and O–H groups in total. The van der Waals surface area contributed by atoms with Crippen molar-refractivity contribution < 1.29 is 4.74 Å². The number of aryl methyl sites for hydroxylation is 1. The molecule has 0 saturated carbocycles. The Hall–Kier alpha value is -1.33. The molecule has 0 aliphatic rings. The van der Waals surface area contributed by atoms with Gasteiger partial charge in [-0.25, -0.2) is 4.98 Å². The lowest BCUT2D eigenvalue weighted by atomic mass is 10.2. The van der Waals surface area contributed by atoms with Crippen molar-refractivity contribution in [3.05, 3.63) is 34.3 Å². The first-order chi connectivity index (χ1) is 9.70. The van der Waals surface area contributed by atoms with Crippen molar-refractivity contribution in [2.45, 2.75) is 32.7 Å². The van der Waals surface area contributed by atoms with E-state index in [1.807, 2.05) is 18.3 Å². The Morgan fingerprint density at radius 3 is 3.05 bits per heavy atom. The monoisotopic (exact) mass is 293 g/mol. The zero-order valence-electron chi connectivity index (χ0n) is 12.4. The highest BCUT2D eigenvalue weighted by Crippen LogP contribution is 2.22. The third-order valence-electron chi connectivity index (χ3n) is 3.21. The second-order valence-corrected chi connectivity index (χ2v) is 6.05. The molecule has 0 spiro atoms. The topological polar surface area (TPSA) is 39.1 Å². The molecule has 0 amide bonds. The van der Waals surface area contributed by atoms with Gasteiger partial charge in [0, 0.05) is 43.8 Å². The number of rotatable bonds is 8. The van der Waals surface area contributed by atoms with Crippen molar-refractivity contribution in [2.75, 3.05) is 25.6 Å². The number of hydrogen-bond donors (Lipinski definition) is 1. The molecule has 0 bridgehead atoms. The number of aromatic nitrogens is 2. The number of thiophene rings is 1. The summed E-state index contributed by atoms with van der Waals surface area (Å²) in [5.41, 5.74) is 1.05. The summed E-state index contributed by atoms with van der Waals surface area (Å²) in [6.45, 7) is 5.93. The van der Waals surface area contributed by atoms with Crippen LogP contribution in [0, 0.1) is 6.92 Å². The Morgan fingerprint density at radius 2 is 2.35 bits per heavy atom. The second kappa shape index (κ2) is 7.45. The van der Waals surface area contributed by atoms with E-state index in [1.165, 1.54) is 4.88 Å². The largest absolute Gasteiger partial charge is 0.385 e. The van der Waals surface area contributed by atoms with Crippen molar-refractivity contribution in [1.29, 1.82) is 0 Å². The lowest BCUT2D eigenvalue weighted by molar-refractivity contribution is 0.197. The summed E-state index contributed by atoms with van der Waals surface area (Å²) in [5, 5.41) is 5.53. The van der Waals surface area contributed by atoms with Crippen molar-refractivity contribution in [3.63, 3.8) is 0 Å². The molecule has 4 nitrogen and oxygen atoms in total. The average molecular weight is 293 g/mol. The number of methoxy groups -OCH3 is 1. The summed E-state index contributed by atoms with van der Waals surface area (Å²) in [6, 6.07) is 4.70. The molecule has 0 radical (unpaired) electrons. The normalized spacial score (nSPS) is 12.6. The quantitative estimate of drug-likeness (QED) is 0.757. The van der Waals surface area contributed by atoms with Crippen LogP contribution in [0.15, 0.2) is 23.7 Å². The molecule has 5 heteroatoms. The van der Waals surface area contributed by atoms with E-state index in [9.17, 15) is 0 Å². The number of nitrogens with one attached hydrogen (secondary N) is 1. The molecule has 0 fully saturated rings. The van der Waals surface area contributed by atoms with Crippen LogP contribution in [0.3, 0.4) is 0 Å². The molecule has 0 aliphatic carbocycles. The highest BCUT2D eigenvalue weighted by atomic mass is 32.1. The summed E-state index contributed by atoms with van der Waals surface area (Å²) in [6.07, 6.45) is 4.15. The van der Waals surface area contributed by atoms with Crippen molar-refractivity contribution in [1.82, 2.24) is 9.55 Å². The van der Waals surface area contributed by atoms with E-state index >= 15 is 0 Å². The summed E-state index contributed by atoms with van der Waals surface area (Å²) in [5.74, 6) is 0.961. The molecule has 0 saturated heterocycles. The van der Waals surface area contributed by atoms with Crippen LogP contribution in [-0.2, 0) is 11.2 Å². The van der Waals surface area contributed by atoms with E-state index in [0.717, 1.165) is 37.6 Å². The van der Waals surface area contributed by atoms with E-state index in [4.69, 9.17) is 4.74 Å². The molecule has 2 aromatic rings. The fourth-order valence-corrected chi connectivity index (χ4v) is 3.04. The number of imidazole rings is 1. The molecule has 1 unspecified atom stereocenters. The van der Waals surface area contributed by atoms with E-state index in [-0.39, 0.29) is 0 Å². The fourth-order valence-electron chi connectivity index (χ4n) is 2.22. The van der Waals surface area contributed by atoms with Gasteiger partial charge in [0.25, 0.3) is 0 Å². The van der Waals surface area contributed by atoms with Gasteiger partial charge >= 0.3 is 0 Å². The van der Waals surface area contributed by atoms with Crippen molar-refractivity contribution in [2.24, 2.45) is 0 Å². The summed E-state index contributed by atoms with van der Waals surface area (Å²) in [7, 11) is 1.73. The number of ether oxygens (including phenoxy) is 1. The number of nitrogens with zero attached hydrogens (tertiary/aromatic N) is 2.